The molecule has 2 N–H and O–H groups in total. The third kappa shape index (κ3) is 4.11. The summed E-state index contributed by atoms with van der Waals surface area (Å²) >= 11 is 0. The molecule has 0 bridgehead atoms. The van der Waals surface area contributed by atoms with Crippen molar-refractivity contribution in [3.05, 3.63) is 69.8 Å². The van der Waals surface area contributed by atoms with E-state index in [4.69, 9.17) is 0 Å². The van der Waals surface area contributed by atoms with Crippen molar-refractivity contribution in [3.8, 4) is 0 Å². The Bertz CT molecular complexity index is 1090. The van der Waals surface area contributed by atoms with Crippen LogP contribution >= 0.6 is 0 Å². The van der Waals surface area contributed by atoms with Crippen LogP contribution in [0.4, 0.5) is 29.3 Å². The Morgan fingerprint density at radius 1 is 1.12 bits per heavy atom. The molecule has 0 saturated carbocycles. The van der Waals surface area contributed by atoms with E-state index < -0.39 is 46.1 Å². The molecule has 1 saturated heterocycles. The number of urea groups is 1. The number of nitrogens with zero attached hydrogens (tertiary/aromatic N) is 2. The molecule has 1 heterocycles. The van der Waals surface area contributed by atoms with Crippen LogP contribution in [0.1, 0.15) is 25.0 Å². The van der Waals surface area contributed by atoms with Gasteiger partial charge in [0.2, 0.25) is 5.91 Å². The third-order valence-electron chi connectivity index (χ3n) is 5.12. The summed E-state index contributed by atoms with van der Waals surface area (Å²) in [5, 5.41) is 15.7. The van der Waals surface area contributed by atoms with Gasteiger partial charge in [-0.2, -0.15) is 13.2 Å². The number of halogens is 3. The van der Waals surface area contributed by atoms with Gasteiger partial charge in [0.05, 0.1) is 10.5 Å². The van der Waals surface area contributed by atoms with Gasteiger partial charge in [0, 0.05) is 17.8 Å². The van der Waals surface area contributed by atoms with Crippen molar-refractivity contribution in [2.75, 3.05) is 5.32 Å². The number of carbonyl (C=O) groups is 3. The van der Waals surface area contributed by atoms with E-state index in [9.17, 15) is 37.7 Å². The number of nitrogens with one attached hydrogen (secondary N) is 2. The number of nitro benzene ring substituents is 1. The highest BCUT2D eigenvalue weighted by Gasteiger charge is 2.51. The van der Waals surface area contributed by atoms with Gasteiger partial charge in [-0.1, -0.05) is 0 Å². The van der Waals surface area contributed by atoms with E-state index in [1.807, 2.05) is 0 Å². The summed E-state index contributed by atoms with van der Waals surface area (Å²) in [4.78, 5) is 49.0. The van der Waals surface area contributed by atoms with Crippen LogP contribution in [-0.4, -0.2) is 33.7 Å². The highest BCUT2D eigenvalue weighted by Crippen LogP contribution is 2.32. The third-order valence-corrected chi connectivity index (χ3v) is 5.12. The van der Waals surface area contributed by atoms with Crippen LogP contribution in [0.2, 0.25) is 0 Å². The molecule has 168 valence electrons. The lowest BCUT2D eigenvalue weighted by molar-refractivity contribution is -0.384. The van der Waals surface area contributed by atoms with Crippen LogP contribution in [0.15, 0.2) is 48.5 Å². The first-order valence-electron chi connectivity index (χ1n) is 9.23. The van der Waals surface area contributed by atoms with Crippen molar-refractivity contribution in [3.63, 3.8) is 0 Å². The van der Waals surface area contributed by atoms with Gasteiger partial charge in [0.1, 0.15) is 11.6 Å². The molecule has 32 heavy (non-hydrogen) atoms. The molecule has 1 aliphatic rings. The minimum absolute atomic E-state index is 0.0556. The van der Waals surface area contributed by atoms with Crippen molar-refractivity contribution in [2.45, 2.75) is 31.6 Å². The highest BCUT2D eigenvalue weighted by atomic mass is 19.4. The Labute approximate surface area is 179 Å². The molecule has 0 spiro atoms. The first-order chi connectivity index (χ1) is 14.8. The summed E-state index contributed by atoms with van der Waals surface area (Å²) in [6.07, 6.45) is -4.53. The number of carbonyl (C=O) groups excluding carboxylic acids is 3. The summed E-state index contributed by atoms with van der Waals surface area (Å²) in [6, 6.07) is 6.57. The van der Waals surface area contributed by atoms with E-state index in [2.05, 4.69) is 10.6 Å². The van der Waals surface area contributed by atoms with Gasteiger partial charge in [-0.05, 0) is 55.8 Å². The fraction of sp³-hybridized carbons (Fsp3) is 0.250. The van der Waals surface area contributed by atoms with Crippen LogP contribution < -0.4 is 10.6 Å². The molecule has 2 aromatic rings. The highest BCUT2D eigenvalue weighted by molar-refractivity contribution is 6.11. The van der Waals surface area contributed by atoms with Crippen LogP contribution in [0, 0.1) is 10.1 Å². The largest absolute Gasteiger partial charge is 0.416 e. The number of benzene rings is 2. The number of imide groups is 1. The lowest BCUT2D eigenvalue weighted by Crippen LogP contribution is -2.47. The van der Waals surface area contributed by atoms with Crippen molar-refractivity contribution in [1.82, 2.24) is 10.2 Å². The van der Waals surface area contributed by atoms with Crippen LogP contribution in [0.3, 0.4) is 0 Å². The summed E-state index contributed by atoms with van der Waals surface area (Å²) in [7, 11) is 0. The number of alkyl halides is 3. The number of hydrogen-bond acceptors (Lipinski definition) is 5. The standard InChI is InChI=1S/C20H17F3N4O5/c1-11(16(28)24-14-7-3-13(4-8-14)20(21,22)23)26-17(29)19(2,25-18(26)30)12-5-9-15(10-6-12)27(31)32/h3-11H,1-2H3,(H,24,28)(H,25,30)/t11-,19+/m0/s1. The average Bonchev–Trinajstić information content (AvgIpc) is 2.96. The molecule has 3 rings (SSSR count). The predicted molar refractivity (Wildman–Crippen MR) is 105 cm³/mol. The van der Waals surface area contributed by atoms with Crippen LogP contribution in [0.5, 0.6) is 0 Å². The lowest BCUT2D eigenvalue weighted by atomic mass is 9.91. The number of rotatable bonds is 5. The lowest BCUT2D eigenvalue weighted by Gasteiger charge is -2.24. The summed E-state index contributed by atoms with van der Waals surface area (Å²) in [5.41, 5.74) is -2.32. The molecule has 2 atom stereocenters. The maximum Gasteiger partial charge on any atom is 0.416 e. The molecule has 0 unspecified atom stereocenters. The van der Waals surface area contributed by atoms with Crippen molar-refractivity contribution in [2.24, 2.45) is 0 Å². The maximum absolute atomic E-state index is 13.0. The summed E-state index contributed by atoms with van der Waals surface area (Å²) in [5.74, 6) is -1.55. The van der Waals surface area contributed by atoms with Gasteiger partial charge in [0.15, 0.2) is 0 Å². The molecule has 0 aromatic heterocycles. The van der Waals surface area contributed by atoms with Gasteiger partial charge in [0.25, 0.3) is 11.6 Å². The van der Waals surface area contributed by atoms with Crippen LogP contribution in [0.25, 0.3) is 0 Å². The first kappa shape index (κ1) is 22.7. The average molecular weight is 450 g/mol. The number of amides is 4. The van der Waals surface area contributed by atoms with Gasteiger partial charge < -0.3 is 10.6 Å². The Morgan fingerprint density at radius 3 is 2.19 bits per heavy atom. The molecule has 1 fully saturated rings. The van der Waals surface area contributed by atoms with E-state index in [1.165, 1.54) is 38.1 Å². The number of hydrogen-bond donors (Lipinski definition) is 2. The quantitative estimate of drug-likeness (QED) is 0.411. The van der Waals surface area contributed by atoms with E-state index in [0.29, 0.717) is 4.90 Å². The van der Waals surface area contributed by atoms with E-state index in [0.717, 1.165) is 24.3 Å². The van der Waals surface area contributed by atoms with E-state index >= 15 is 0 Å². The number of nitro groups is 1. The number of anilines is 1. The second kappa shape index (κ2) is 7.94. The van der Waals surface area contributed by atoms with Crippen molar-refractivity contribution in [1.29, 1.82) is 0 Å². The Balaban J connectivity index is 1.77. The van der Waals surface area contributed by atoms with Gasteiger partial charge in [-0.3, -0.25) is 19.7 Å². The van der Waals surface area contributed by atoms with Crippen molar-refractivity contribution >= 4 is 29.2 Å². The fourth-order valence-electron chi connectivity index (χ4n) is 3.23. The van der Waals surface area contributed by atoms with Crippen molar-refractivity contribution < 1.29 is 32.5 Å². The molecule has 4 amide bonds. The number of non-ortho nitro benzene ring substituents is 1. The molecule has 12 heteroatoms. The monoisotopic (exact) mass is 450 g/mol. The minimum Gasteiger partial charge on any atom is -0.324 e. The molecular weight excluding hydrogens is 433 g/mol. The Hall–Kier alpha value is -3.96. The first-order valence-corrected chi connectivity index (χ1v) is 9.23. The smallest absolute Gasteiger partial charge is 0.324 e. The zero-order chi connectivity index (χ0) is 23.8. The SMILES string of the molecule is C[C@@H](C(=O)Nc1ccc(C(F)(F)F)cc1)N1C(=O)N[C@](C)(c2ccc([N+](=O)[O-])cc2)C1=O. The second-order valence-corrected chi connectivity index (χ2v) is 7.27. The summed E-state index contributed by atoms with van der Waals surface area (Å²) in [6.45, 7) is 2.69. The fourth-order valence-corrected chi connectivity index (χ4v) is 3.23. The zero-order valence-corrected chi connectivity index (χ0v) is 16.8. The topological polar surface area (TPSA) is 122 Å². The van der Waals surface area contributed by atoms with Gasteiger partial charge in [-0.15, -0.1) is 0 Å². The second-order valence-electron chi connectivity index (χ2n) is 7.27. The van der Waals surface area contributed by atoms with E-state index in [-0.39, 0.29) is 16.9 Å². The predicted octanol–water partition coefficient (Wildman–Crippen LogP) is 3.41. The summed E-state index contributed by atoms with van der Waals surface area (Å²) < 4.78 is 38.0. The van der Waals surface area contributed by atoms with Crippen LogP contribution in [-0.2, 0) is 21.3 Å². The van der Waals surface area contributed by atoms with Gasteiger partial charge >= 0.3 is 12.2 Å². The zero-order valence-electron chi connectivity index (χ0n) is 16.8. The van der Waals surface area contributed by atoms with Gasteiger partial charge in [-0.25, -0.2) is 9.69 Å². The molecule has 0 aliphatic carbocycles. The molecule has 2 aromatic carbocycles. The Kier molecular flexibility index (Phi) is 5.64. The maximum atomic E-state index is 13.0. The molecular formula is C20H17F3N4O5. The molecule has 9 nitrogen and oxygen atoms in total. The molecule has 0 radical (unpaired) electrons. The van der Waals surface area contributed by atoms with E-state index in [1.54, 1.807) is 0 Å². The Morgan fingerprint density at radius 2 is 1.69 bits per heavy atom. The normalized spacial score (nSPS) is 19.5. The molecule has 1 aliphatic heterocycles. The minimum atomic E-state index is -4.53.